The van der Waals surface area contributed by atoms with Crippen LogP contribution in [-0.2, 0) is 16.0 Å². The highest BCUT2D eigenvalue weighted by Crippen LogP contribution is 2.18. The third-order valence-electron chi connectivity index (χ3n) is 2.61. The second kappa shape index (κ2) is 5.31. The molecule has 4 nitrogen and oxygen atoms in total. The summed E-state index contributed by atoms with van der Waals surface area (Å²) in [5, 5.41) is 2.15. The molecule has 0 aliphatic heterocycles. The summed E-state index contributed by atoms with van der Waals surface area (Å²) in [5.41, 5.74) is 5.57. The molecule has 0 aliphatic carbocycles. The Kier molecular flexibility index (Phi) is 3.57. The van der Waals surface area contributed by atoms with E-state index in [0.29, 0.717) is 0 Å². The fraction of sp³-hybridized carbons (Fsp3) is 0.143. The van der Waals surface area contributed by atoms with Crippen molar-refractivity contribution in [2.24, 2.45) is 0 Å². The lowest BCUT2D eigenvalue weighted by Crippen LogP contribution is -2.41. The van der Waals surface area contributed by atoms with Crippen molar-refractivity contribution in [2.75, 3.05) is 0 Å². The number of fused-ring (bicyclic) bond motifs is 1. The fourth-order valence-electron chi connectivity index (χ4n) is 1.82. The van der Waals surface area contributed by atoms with Crippen molar-refractivity contribution >= 4 is 22.6 Å². The summed E-state index contributed by atoms with van der Waals surface area (Å²) in [5.74, 6) is -0.525. The normalized spacial score (nSPS) is 10.1. The van der Waals surface area contributed by atoms with E-state index >= 15 is 0 Å². The van der Waals surface area contributed by atoms with Gasteiger partial charge in [0.25, 0.3) is 0 Å². The first-order chi connectivity index (χ1) is 8.66. The number of carbonyl (C=O) groups is 2. The van der Waals surface area contributed by atoms with Crippen LogP contribution in [0.1, 0.15) is 12.5 Å². The molecule has 0 aliphatic rings. The molecule has 92 valence electrons. The molecule has 0 aromatic heterocycles. The zero-order valence-corrected chi connectivity index (χ0v) is 10.1. The molecule has 2 aromatic rings. The van der Waals surface area contributed by atoms with Gasteiger partial charge in [-0.25, -0.2) is 0 Å². The van der Waals surface area contributed by atoms with E-state index in [9.17, 15) is 9.59 Å². The Labute approximate surface area is 105 Å². The van der Waals surface area contributed by atoms with Gasteiger partial charge in [-0.3, -0.25) is 20.4 Å². The lowest BCUT2D eigenvalue weighted by molar-refractivity contribution is -0.127. The molecule has 18 heavy (non-hydrogen) atoms. The standard InChI is InChI=1S/C14H14N2O2/c1-10(17)15-16-14(18)9-12-7-4-6-11-5-2-3-8-13(11)12/h2-8H,9H2,1H3,(H,15,17)(H,16,18). The first-order valence-corrected chi connectivity index (χ1v) is 5.69. The highest BCUT2D eigenvalue weighted by atomic mass is 16.2. The van der Waals surface area contributed by atoms with Crippen molar-refractivity contribution in [3.63, 3.8) is 0 Å². The third-order valence-corrected chi connectivity index (χ3v) is 2.61. The fourth-order valence-corrected chi connectivity index (χ4v) is 1.82. The van der Waals surface area contributed by atoms with Crippen molar-refractivity contribution in [2.45, 2.75) is 13.3 Å². The molecule has 0 radical (unpaired) electrons. The SMILES string of the molecule is CC(=O)NNC(=O)Cc1cccc2ccccc12. The van der Waals surface area contributed by atoms with Crippen molar-refractivity contribution in [3.8, 4) is 0 Å². The maximum Gasteiger partial charge on any atom is 0.242 e. The van der Waals surface area contributed by atoms with Crippen molar-refractivity contribution in [1.82, 2.24) is 10.9 Å². The number of rotatable bonds is 2. The van der Waals surface area contributed by atoms with Crippen LogP contribution in [0.5, 0.6) is 0 Å². The van der Waals surface area contributed by atoms with E-state index < -0.39 is 0 Å². The van der Waals surface area contributed by atoms with Crippen LogP contribution in [0.25, 0.3) is 10.8 Å². The zero-order chi connectivity index (χ0) is 13.0. The van der Waals surface area contributed by atoms with Crippen molar-refractivity contribution in [1.29, 1.82) is 0 Å². The van der Waals surface area contributed by atoms with Gasteiger partial charge in [0.2, 0.25) is 11.8 Å². The molecule has 0 saturated heterocycles. The average Bonchev–Trinajstić information content (AvgIpc) is 2.37. The lowest BCUT2D eigenvalue weighted by Gasteiger charge is -2.07. The lowest BCUT2D eigenvalue weighted by atomic mass is 10.0. The number of benzene rings is 2. The van der Waals surface area contributed by atoms with Gasteiger partial charge in [0.05, 0.1) is 6.42 Å². The minimum atomic E-state index is -0.290. The van der Waals surface area contributed by atoms with Crippen molar-refractivity contribution < 1.29 is 9.59 Å². The summed E-state index contributed by atoms with van der Waals surface area (Å²) in [6.45, 7) is 1.35. The first-order valence-electron chi connectivity index (χ1n) is 5.69. The predicted molar refractivity (Wildman–Crippen MR) is 69.6 cm³/mol. The Morgan fingerprint density at radius 1 is 1.00 bits per heavy atom. The van der Waals surface area contributed by atoms with Gasteiger partial charge in [-0.05, 0) is 16.3 Å². The Balaban J connectivity index is 2.16. The van der Waals surface area contributed by atoms with E-state index in [0.717, 1.165) is 16.3 Å². The predicted octanol–water partition coefficient (Wildman–Crippen LogP) is 1.55. The highest BCUT2D eigenvalue weighted by Gasteiger charge is 2.06. The van der Waals surface area contributed by atoms with Crippen LogP contribution in [0.15, 0.2) is 42.5 Å². The van der Waals surface area contributed by atoms with Gasteiger partial charge in [-0.15, -0.1) is 0 Å². The van der Waals surface area contributed by atoms with E-state index in [1.807, 2.05) is 42.5 Å². The van der Waals surface area contributed by atoms with E-state index in [4.69, 9.17) is 0 Å². The van der Waals surface area contributed by atoms with E-state index in [-0.39, 0.29) is 18.2 Å². The van der Waals surface area contributed by atoms with Crippen LogP contribution in [-0.4, -0.2) is 11.8 Å². The molecule has 4 heteroatoms. The smallest absolute Gasteiger partial charge is 0.242 e. The van der Waals surface area contributed by atoms with Gasteiger partial charge in [0.1, 0.15) is 0 Å². The summed E-state index contributed by atoms with van der Waals surface area (Å²) < 4.78 is 0. The monoisotopic (exact) mass is 242 g/mol. The average molecular weight is 242 g/mol. The number of hydrogen-bond acceptors (Lipinski definition) is 2. The maximum absolute atomic E-state index is 11.6. The van der Waals surface area contributed by atoms with E-state index in [2.05, 4.69) is 10.9 Å². The third kappa shape index (κ3) is 2.85. The number of hydrogen-bond donors (Lipinski definition) is 2. The summed E-state index contributed by atoms with van der Waals surface area (Å²) in [7, 11) is 0. The number of hydrazine groups is 1. The largest absolute Gasteiger partial charge is 0.274 e. The molecule has 0 unspecified atom stereocenters. The number of carbonyl (C=O) groups excluding carboxylic acids is 2. The zero-order valence-electron chi connectivity index (χ0n) is 10.1. The van der Waals surface area contributed by atoms with Gasteiger partial charge in [0.15, 0.2) is 0 Å². The van der Waals surface area contributed by atoms with Gasteiger partial charge in [0, 0.05) is 6.92 Å². The Morgan fingerprint density at radius 2 is 1.72 bits per heavy atom. The molecule has 2 rings (SSSR count). The Morgan fingerprint density at radius 3 is 2.50 bits per heavy atom. The molecule has 2 aromatic carbocycles. The minimum Gasteiger partial charge on any atom is -0.274 e. The number of nitrogens with one attached hydrogen (secondary N) is 2. The van der Waals surface area contributed by atoms with Gasteiger partial charge in [-0.2, -0.15) is 0 Å². The molecule has 0 atom stereocenters. The van der Waals surface area contributed by atoms with Crippen LogP contribution >= 0.6 is 0 Å². The summed E-state index contributed by atoms with van der Waals surface area (Å²) in [6, 6.07) is 13.7. The minimum absolute atomic E-state index is 0.235. The molecule has 0 bridgehead atoms. The summed E-state index contributed by atoms with van der Waals surface area (Å²) in [6.07, 6.45) is 0.238. The number of amides is 2. The van der Waals surface area contributed by atoms with E-state index in [1.165, 1.54) is 6.92 Å². The summed E-state index contributed by atoms with van der Waals surface area (Å²) in [4.78, 5) is 22.3. The quantitative estimate of drug-likeness (QED) is 0.785. The van der Waals surface area contributed by atoms with Crippen molar-refractivity contribution in [3.05, 3.63) is 48.0 Å². The molecular formula is C14H14N2O2. The maximum atomic E-state index is 11.6. The summed E-state index contributed by atoms with van der Waals surface area (Å²) >= 11 is 0. The molecule has 0 fully saturated rings. The molecule has 0 saturated carbocycles. The molecular weight excluding hydrogens is 228 g/mol. The molecule has 2 amide bonds. The second-order valence-corrected chi connectivity index (χ2v) is 4.04. The van der Waals surface area contributed by atoms with Crippen LogP contribution in [0.4, 0.5) is 0 Å². The van der Waals surface area contributed by atoms with Crippen LogP contribution in [0.2, 0.25) is 0 Å². The van der Waals surface area contributed by atoms with Gasteiger partial charge >= 0.3 is 0 Å². The molecule has 0 spiro atoms. The van der Waals surface area contributed by atoms with E-state index in [1.54, 1.807) is 0 Å². The Bertz CT molecular complexity index is 588. The van der Waals surface area contributed by atoms with Gasteiger partial charge < -0.3 is 0 Å². The first kappa shape index (κ1) is 12.1. The van der Waals surface area contributed by atoms with Gasteiger partial charge in [-0.1, -0.05) is 42.5 Å². The van der Waals surface area contributed by atoms with Crippen LogP contribution < -0.4 is 10.9 Å². The second-order valence-electron chi connectivity index (χ2n) is 4.04. The van der Waals surface area contributed by atoms with Crippen LogP contribution in [0.3, 0.4) is 0 Å². The molecule has 2 N–H and O–H groups in total. The van der Waals surface area contributed by atoms with Crippen LogP contribution in [0, 0.1) is 0 Å². The highest BCUT2D eigenvalue weighted by molar-refractivity contribution is 5.90. The Hall–Kier alpha value is -2.36. The topological polar surface area (TPSA) is 58.2 Å². The molecule has 0 heterocycles.